The number of anilines is 1. The van der Waals surface area contributed by atoms with Crippen LogP contribution >= 0.6 is 0 Å². The predicted octanol–water partition coefficient (Wildman–Crippen LogP) is 1.76. The molecular weight excluding hydrogens is 470 g/mol. The van der Waals surface area contributed by atoms with Gasteiger partial charge in [-0.05, 0) is 12.1 Å². The monoisotopic (exact) mass is 502 g/mol. The maximum absolute atomic E-state index is 12.8. The van der Waals surface area contributed by atoms with Crippen molar-refractivity contribution in [3.8, 4) is 6.07 Å². The Hall–Kier alpha value is -3.72. The Bertz CT molecular complexity index is 1240. The van der Waals surface area contributed by atoms with Crippen molar-refractivity contribution in [1.82, 2.24) is 14.6 Å². The zero-order chi connectivity index (χ0) is 27.7. The molecule has 0 aromatic carbocycles. The molecular formula is C24H31N5O7. The highest BCUT2D eigenvalue weighted by Gasteiger charge is 2.63. The average Bonchev–Trinajstić information content (AvgIpc) is 3.36. The molecule has 4 atom stereocenters. The van der Waals surface area contributed by atoms with Crippen LogP contribution in [0.4, 0.5) is 5.82 Å². The van der Waals surface area contributed by atoms with Crippen molar-refractivity contribution < 1.29 is 34.7 Å². The molecule has 0 spiro atoms. The number of ether oxygens (including phenoxy) is 4. The molecule has 1 saturated heterocycles. The summed E-state index contributed by atoms with van der Waals surface area (Å²) in [5, 5.41) is 14.7. The molecule has 2 aromatic rings. The summed E-state index contributed by atoms with van der Waals surface area (Å²) < 4.78 is 33.3. The van der Waals surface area contributed by atoms with Crippen LogP contribution in [0, 0.1) is 29.1 Å². The minimum atomic E-state index is -2.63. The van der Waals surface area contributed by atoms with Crippen molar-refractivity contribution in [2.75, 3.05) is 12.3 Å². The van der Waals surface area contributed by atoms with E-state index in [1.54, 1.807) is 41.5 Å². The maximum Gasteiger partial charge on any atom is 0.308 e. The highest BCUT2D eigenvalue weighted by Crippen LogP contribution is 2.44. The molecule has 0 aliphatic carbocycles. The standard InChI is InChI=1S/C24H31N5O7/c1-12(2)21(30)33-9-16-18(34-22(31)13(3)4)19(35-23(32)14(5)6)24(10-25,36-16)17-8-7-15-20(26)27-11-28-29(15)17/h7-8,11-14,16,18-19H,9H2,1-6H3,(H2,26,27,28)/t16-,18-,19-,24+/m1/s1/i19D. The summed E-state index contributed by atoms with van der Waals surface area (Å²) in [4.78, 5) is 41.7. The normalized spacial score (nSPS) is 26.2. The zero-order valence-electron chi connectivity index (χ0n) is 22.0. The van der Waals surface area contributed by atoms with Crippen LogP contribution in [0.25, 0.3) is 5.52 Å². The number of esters is 3. The van der Waals surface area contributed by atoms with E-state index < -0.39 is 66.2 Å². The van der Waals surface area contributed by atoms with Crippen molar-refractivity contribution >= 4 is 29.2 Å². The Morgan fingerprint density at radius 1 is 1.14 bits per heavy atom. The lowest BCUT2D eigenvalue weighted by Crippen LogP contribution is -2.47. The lowest BCUT2D eigenvalue weighted by Gasteiger charge is -2.29. The Morgan fingerprint density at radius 2 is 1.75 bits per heavy atom. The molecule has 0 saturated carbocycles. The smallest absolute Gasteiger partial charge is 0.308 e. The second-order valence-electron chi connectivity index (χ2n) is 9.35. The van der Waals surface area contributed by atoms with Crippen LogP contribution in [0.3, 0.4) is 0 Å². The Balaban J connectivity index is 2.24. The Labute approximate surface area is 210 Å². The molecule has 1 aliphatic rings. The number of hydrogen-bond donors (Lipinski definition) is 1. The number of nitrogens with two attached hydrogens (primary N) is 1. The van der Waals surface area contributed by atoms with Crippen molar-refractivity contribution in [3.63, 3.8) is 0 Å². The predicted molar refractivity (Wildman–Crippen MR) is 125 cm³/mol. The van der Waals surface area contributed by atoms with E-state index in [2.05, 4.69) is 10.1 Å². The highest BCUT2D eigenvalue weighted by atomic mass is 16.7. The van der Waals surface area contributed by atoms with E-state index in [1.165, 1.54) is 16.6 Å². The fourth-order valence-corrected chi connectivity index (χ4v) is 3.46. The molecule has 0 radical (unpaired) electrons. The van der Waals surface area contributed by atoms with E-state index in [1.807, 2.05) is 6.07 Å². The SMILES string of the molecule is [2H][C@@]1(OC(=O)C(C)C)[C@H](OC(=O)C(C)C)[C@@H](COC(=O)C(C)C)O[C@@]1(C#N)c1ccc2c(N)ncnn12. The summed E-state index contributed by atoms with van der Waals surface area (Å²) >= 11 is 0. The van der Waals surface area contributed by atoms with Gasteiger partial charge in [-0.15, -0.1) is 0 Å². The molecule has 3 rings (SSSR count). The van der Waals surface area contributed by atoms with Crippen LogP contribution in [0.1, 0.15) is 48.6 Å². The van der Waals surface area contributed by atoms with Gasteiger partial charge >= 0.3 is 17.9 Å². The number of nitrogen functional groups attached to an aromatic ring is 1. The minimum Gasteiger partial charge on any atom is -0.463 e. The first-order chi connectivity index (χ1) is 17.3. The highest BCUT2D eigenvalue weighted by molar-refractivity contribution is 5.74. The number of fused-ring (bicyclic) bond motifs is 1. The molecule has 2 aromatic heterocycles. The van der Waals surface area contributed by atoms with Crippen LogP contribution in [0.5, 0.6) is 0 Å². The Morgan fingerprint density at radius 3 is 2.33 bits per heavy atom. The first kappa shape index (κ1) is 25.4. The second-order valence-corrected chi connectivity index (χ2v) is 9.35. The van der Waals surface area contributed by atoms with Gasteiger partial charge in [0.25, 0.3) is 0 Å². The third-order valence-corrected chi connectivity index (χ3v) is 5.53. The lowest BCUT2D eigenvalue weighted by molar-refractivity contribution is -0.174. The Kier molecular flexibility index (Phi) is 7.40. The number of aromatic nitrogens is 3. The van der Waals surface area contributed by atoms with Gasteiger partial charge in [0.05, 0.1) is 24.8 Å². The van der Waals surface area contributed by atoms with Crippen molar-refractivity contribution in [2.24, 2.45) is 17.8 Å². The third kappa shape index (κ3) is 4.97. The van der Waals surface area contributed by atoms with Crippen LogP contribution in [0.2, 0.25) is 0 Å². The van der Waals surface area contributed by atoms with E-state index in [0.717, 1.165) is 6.33 Å². The van der Waals surface area contributed by atoms with E-state index in [4.69, 9.17) is 24.7 Å². The third-order valence-electron chi connectivity index (χ3n) is 5.53. The molecule has 0 bridgehead atoms. The first-order valence-electron chi connectivity index (χ1n) is 12.1. The average molecular weight is 503 g/mol. The van der Waals surface area contributed by atoms with E-state index in [-0.39, 0.29) is 11.5 Å². The zero-order valence-corrected chi connectivity index (χ0v) is 21.0. The maximum atomic E-state index is 12.8. The summed E-state index contributed by atoms with van der Waals surface area (Å²) in [7, 11) is 0. The molecule has 12 nitrogen and oxygen atoms in total. The summed E-state index contributed by atoms with van der Waals surface area (Å²) in [5.74, 6) is -3.84. The first-order valence-corrected chi connectivity index (χ1v) is 11.6. The molecule has 0 amide bonds. The fraction of sp³-hybridized carbons (Fsp3) is 0.583. The van der Waals surface area contributed by atoms with Gasteiger partial charge in [0.2, 0.25) is 5.60 Å². The van der Waals surface area contributed by atoms with Crippen molar-refractivity contribution in [3.05, 3.63) is 24.2 Å². The molecule has 3 heterocycles. The van der Waals surface area contributed by atoms with Gasteiger partial charge in [-0.1, -0.05) is 41.5 Å². The van der Waals surface area contributed by atoms with Gasteiger partial charge in [0.15, 0.2) is 18.0 Å². The molecule has 2 N–H and O–H groups in total. The van der Waals surface area contributed by atoms with E-state index >= 15 is 0 Å². The van der Waals surface area contributed by atoms with Crippen LogP contribution < -0.4 is 5.73 Å². The largest absolute Gasteiger partial charge is 0.463 e. The summed E-state index contributed by atoms with van der Waals surface area (Å²) in [6, 6.07) is 4.90. The van der Waals surface area contributed by atoms with E-state index in [0.29, 0.717) is 5.52 Å². The van der Waals surface area contributed by atoms with Crippen molar-refractivity contribution in [2.45, 2.75) is 65.4 Å². The number of rotatable bonds is 8. The van der Waals surface area contributed by atoms with Crippen LogP contribution in [-0.2, 0) is 38.9 Å². The van der Waals surface area contributed by atoms with Crippen LogP contribution in [0.15, 0.2) is 18.5 Å². The van der Waals surface area contributed by atoms with Gasteiger partial charge in [-0.25, -0.2) is 9.50 Å². The summed E-state index contributed by atoms with van der Waals surface area (Å²) in [6.45, 7) is 9.04. The minimum absolute atomic E-state index is 0.0195. The van der Waals surface area contributed by atoms with Crippen LogP contribution in [-0.4, -0.2) is 57.4 Å². The van der Waals surface area contributed by atoms with Gasteiger partial charge in [-0.2, -0.15) is 10.4 Å². The molecule has 36 heavy (non-hydrogen) atoms. The number of nitriles is 1. The topological polar surface area (TPSA) is 168 Å². The number of carbonyl (C=O) groups is 3. The summed E-state index contributed by atoms with van der Waals surface area (Å²) in [6.07, 6.45) is -4.46. The van der Waals surface area contributed by atoms with Crippen molar-refractivity contribution in [1.29, 1.82) is 5.26 Å². The fourth-order valence-electron chi connectivity index (χ4n) is 3.46. The van der Waals surface area contributed by atoms with Gasteiger partial charge in [0.1, 0.15) is 30.6 Å². The molecule has 0 unspecified atom stereocenters. The number of nitrogens with zero attached hydrogens (tertiary/aromatic N) is 4. The number of hydrogen-bond acceptors (Lipinski definition) is 11. The second kappa shape index (κ2) is 10.5. The molecule has 1 aliphatic heterocycles. The molecule has 194 valence electrons. The van der Waals surface area contributed by atoms with Gasteiger partial charge in [0, 0.05) is 0 Å². The molecule has 12 heteroatoms. The quantitative estimate of drug-likeness (QED) is 0.412. The van der Waals surface area contributed by atoms with E-state index in [9.17, 15) is 21.0 Å². The number of carbonyl (C=O) groups excluding carboxylic acids is 3. The summed E-state index contributed by atoms with van der Waals surface area (Å²) in [5.41, 5.74) is 3.86. The molecule has 1 fully saturated rings. The van der Waals surface area contributed by atoms with Gasteiger partial charge in [-0.3, -0.25) is 14.4 Å². The lowest BCUT2D eigenvalue weighted by atomic mass is 9.91. The van der Waals surface area contributed by atoms with Gasteiger partial charge < -0.3 is 24.7 Å².